The molecule has 236 valence electrons. The van der Waals surface area contributed by atoms with Crippen molar-refractivity contribution in [2.45, 2.75) is 52.2 Å². The van der Waals surface area contributed by atoms with Crippen LogP contribution >= 0.6 is 23.2 Å². The molecule has 2 aromatic heterocycles. The van der Waals surface area contributed by atoms with E-state index in [1.54, 1.807) is 13.0 Å². The Morgan fingerprint density at radius 2 is 1.64 bits per heavy atom. The van der Waals surface area contributed by atoms with Gasteiger partial charge in [0.25, 0.3) is 5.91 Å². The topological polar surface area (TPSA) is 117 Å². The van der Waals surface area contributed by atoms with Gasteiger partial charge in [0.05, 0.1) is 43.7 Å². The first kappa shape index (κ1) is 33.0. The van der Waals surface area contributed by atoms with E-state index in [0.29, 0.717) is 5.46 Å². The molecule has 1 saturated heterocycles. The number of sulfonamides is 1. The van der Waals surface area contributed by atoms with Crippen LogP contribution in [0.15, 0.2) is 48.8 Å². The number of carbonyl (C=O) groups excluding carboxylic acids is 2. The quantitative estimate of drug-likeness (QED) is 0.180. The summed E-state index contributed by atoms with van der Waals surface area (Å²) >= 11 is 12.6. The summed E-state index contributed by atoms with van der Waals surface area (Å²) < 4.78 is 70.2. The monoisotopic (exact) mass is 677 g/mol. The zero-order valence-electron chi connectivity index (χ0n) is 24.9. The van der Waals surface area contributed by atoms with Crippen molar-refractivity contribution in [1.29, 1.82) is 0 Å². The van der Waals surface area contributed by atoms with E-state index in [1.165, 1.54) is 24.4 Å². The predicted octanol–water partition coefficient (Wildman–Crippen LogP) is 5.99. The lowest BCUT2D eigenvalue weighted by Gasteiger charge is -2.32. The van der Waals surface area contributed by atoms with Gasteiger partial charge in [-0.25, -0.2) is 22.2 Å². The van der Waals surface area contributed by atoms with Crippen molar-refractivity contribution >= 4 is 74.2 Å². The molecule has 0 aliphatic carbocycles. The molecule has 0 radical (unpaired) electrons. The van der Waals surface area contributed by atoms with Crippen LogP contribution in [0.2, 0.25) is 10.0 Å². The number of aromatic nitrogens is 2. The van der Waals surface area contributed by atoms with Crippen molar-refractivity contribution in [2.75, 3.05) is 10.5 Å². The Kier molecular flexibility index (Phi) is 8.64. The van der Waals surface area contributed by atoms with E-state index >= 15 is 4.39 Å². The number of fused-ring (bicyclic) bond motifs is 1. The number of carbonyl (C=O) groups is 2. The highest BCUT2D eigenvalue weighted by molar-refractivity contribution is 7.92. The number of benzene rings is 2. The number of halogens is 4. The van der Waals surface area contributed by atoms with E-state index in [1.807, 2.05) is 32.4 Å². The Morgan fingerprint density at radius 3 is 2.24 bits per heavy atom. The van der Waals surface area contributed by atoms with Gasteiger partial charge in [0.15, 0.2) is 11.6 Å². The third-order valence-electron chi connectivity index (χ3n) is 7.90. The standard InChI is InChI=1S/C30H28BCl2F2N3O6S/c1-6-12-45(41,42)37-25-22(34)11-10-17(24(25)35)26(39)19-15-38(28(40)23-20(32)8-7-9-21(23)33)27-18(19)13-16(14-36-27)31-43-29(2,3)30(4,5)44-31/h7-11,13-15,37H,6,12H2,1-5H3. The SMILES string of the molecule is CCCS(=O)(=O)Nc1c(F)ccc(C(=O)c2cn(C(=O)c3c(Cl)cccc3Cl)c3ncc(B4OC(C)(C)C(C)(C)O4)cc23)c1F. The minimum atomic E-state index is -4.10. The van der Waals surface area contributed by atoms with Gasteiger partial charge in [0.1, 0.15) is 17.2 Å². The fraction of sp³-hybridized carbons (Fsp3) is 0.300. The minimum absolute atomic E-state index is 0.00555. The number of hydrogen-bond acceptors (Lipinski definition) is 7. The fourth-order valence-corrected chi connectivity index (χ4v) is 6.53. The summed E-state index contributed by atoms with van der Waals surface area (Å²) in [6, 6.07) is 7.70. The van der Waals surface area contributed by atoms with Gasteiger partial charge in [-0.3, -0.25) is 18.9 Å². The molecule has 1 aliphatic heterocycles. The van der Waals surface area contributed by atoms with Gasteiger partial charge in [-0.05, 0) is 64.4 Å². The van der Waals surface area contributed by atoms with E-state index in [2.05, 4.69) is 4.98 Å². The maximum atomic E-state index is 15.7. The van der Waals surface area contributed by atoms with Gasteiger partial charge in [-0.2, -0.15) is 0 Å². The first-order chi connectivity index (χ1) is 21.0. The highest BCUT2D eigenvalue weighted by Gasteiger charge is 2.52. The Balaban J connectivity index is 1.69. The van der Waals surface area contributed by atoms with Crippen molar-refractivity contribution in [3.05, 3.63) is 87.2 Å². The normalized spacial score (nSPS) is 15.9. The Morgan fingerprint density at radius 1 is 1.02 bits per heavy atom. The van der Waals surface area contributed by atoms with Crippen LogP contribution in [0.4, 0.5) is 14.5 Å². The lowest BCUT2D eigenvalue weighted by atomic mass is 9.79. The smallest absolute Gasteiger partial charge is 0.399 e. The maximum Gasteiger partial charge on any atom is 0.496 e. The van der Waals surface area contributed by atoms with Crippen molar-refractivity contribution in [3.63, 3.8) is 0 Å². The van der Waals surface area contributed by atoms with E-state index in [0.717, 1.165) is 22.9 Å². The predicted molar refractivity (Wildman–Crippen MR) is 169 cm³/mol. The molecule has 0 bridgehead atoms. The van der Waals surface area contributed by atoms with Crippen LogP contribution in [-0.4, -0.2) is 53.7 Å². The van der Waals surface area contributed by atoms with Crippen molar-refractivity contribution in [2.24, 2.45) is 0 Å². The molecule has 9 nitrogen and oxygen atoms in total. The molecule has 1 fully saturated rings. The van der Waals surface area contributed by atoms with E-state index in [4.69, 9.17) is 32.5 Å². The van der Waals surface area contributed by atoms with E-state index < -0.39 is 68.7 Å². The fourth-order valence-electron chi connectivity index (χ4n) is 4.83. The van der Waals surface area contributed by atoms with Gasteiger partial charge in [0.2, 0.25) is 10.0 Å². The van der Waals surface area contributed by atoms with Crippen LogP contribution in [-0.2, 0) is 19.3 Å². The van der Waals surface area contributed by atoms with Crippen LogP contribution in [0.25, 0.3) is 11.0 Å². The molecule has 1 N–H and O–H groups in total. The molecule has 15 heteroatoms. The third kappa shape index (κ3) is 5.99. The molecular weight excluding hydrogens is 650 g/mol. The summed E-state index contributed by atoms with van der Waals surface area (Å²) in [5.74, 6) is -4.72. The molecule has 45 heavy (non-hydrogen) atoms. The van der Waals surface area contributed by atoms with E-state index in [9.17, 15) is 22.4 Å². The molecule has 2 aromatic carbocycles. The number of ketones is 1. The second kappa shape index (κ2) is 11.8. The molecule has 5 rings (SSSR count). The number of nitrogens with one attached hydrogen (secondary N) is 1. The summed E-state index contributed by atoms with van der Waals surface area (Å²) in [6.45, 7) is 9.03. The molecular formula is C30H28BCl2F2N3O6S. The Labute approximate surface area is 269 Å². The lowest BCUT2D eigenvalue weighted by Crippen LogP contribution is -2.41. The average Bonchev–Trinajstić information content (AvgIpc) is 3.43. The summed E-state index contributed by atoms with van der Waals surface area (Å²) in [4.78, 5) is 32.2. The highest BCUT2D eigenvalue weighted by atomic mass is 35.5. The summed E-state index contributed by atoms with van der Waals surface area (Å²) in [6.07, 6.45) is 2.77. The zero-order valence-corrected chi connectivity index (χ0v) is 27.2. The number of pyridine rings is 1. The van der Waals surface area contributed by atoms with E-state index in [-0.39, 0.29) is 38.6 Å². The average molecular weight is 678 g/mol. The molecule has 3 heterocycles. The van der Waals surface area contributed by atoms with Crippen LogP contribution in [0.5, 0.6) is 0 Å². The number of rotatable bonds is 8. The molecule has 0 saturated carbocycles. The largest absolute Gasteiger partial charge is 0.496 e. The molecule has 0 unspecified atom stereocenters. The van der Waals surface area contributed by atoms with Crippen molar-refractivity contribution in [1.82, 2.24) is 9.55 Å². The van der Waals surface area contributed by atoms with Gasteiger partial charge in [-0.15, -0.1) is 0 Å². The van der Waals surface area contributed by atoms with Gasteiger partial charge >= 0.3 is 7.12 Å². The van der Waals surface area contributed by atoms with Gasteiger partial charge < -0.3 is 9.31 Å². The van der Waals surface area contributed by atoms with Crippen molar-refractivity contribution < 1.29 is 36.1 Å². The zero-order chi connectivity index (χ0) is 33.1. The molecule has 1 aliphatic rings. The summed E-state index contributed by atoms with van der Waals surface area (Å²) in [5.41, 5.74) is -2.88. The molecule has 0 amide bonds. The number of hydrogen-bond donors (Lipinski definition) is 1. The first-order valence-corrected chi connectivity index (χ1v) is 16.3. The van der Waals surface area contributed by atoms with Gasteiger partial charge in [-0.1, -0.05) is 36.2 Å². The summed E-state index contributed by atoms with van der Waals surface area (Å²) in [7, 11) is -5.00. The minimum Gasteiger partial charge on any atom is -0.399 e. The molecule has 4 aromatic rings. The summed E-state index contributed by atoms with van der Waals surface area (Å²) in [5, 5.41) is 0.204. The number of anilines is 1. The van der Waals surface area contributed by atoms with Crippen LogP contribution in [0.3, 0.4) is 0 Å². The van der Waals surface area contributed by atoms with Crippen LogP contribution in [0.1, 0.15) is 67.3 Å². The molecule has 0 spiro atoms. The van der Waals surface area contributed by atoms with Crippen LogP contribution < -0.4 is 10.2 Å². The van der Waals surface area contributed by atoms with Crippen molar-refractivity contribution in [3.8, 4) is 0 Å². The second-order valence-electron chi connectivity index (χ2n) is 11.6. The number of nitrogens with zero attached hydrogens (tertiary/aromatic N) is 2. The molecule has 0 atom stereocenters. The second-order valence-corrected chi connectivity index (χ2v) is 14.2. The first-order valence-electron chi connectivity index (χ1n) is 13.9. The maximum absolute atomic E-state index is 15.7. The van der Waals surface area contributed by atoms with Crippen LogP contribution in [0, 0.1) is 11.6 Å². The highest BCUT2D eigenvalue weighted by Crippen LogP contribution is 2.37. The van der Waals surface area contributed by atoms with Gasteiger partial charge in [0, 0.05) is 23.2 Å². The Hall–Kier alpha value is -3.36. The Bertz CT molecular complexity index is 1950. The third-order valence-corrected chi connectivity index (χ3v) is 9.99. The lowest BCUT2D eigenvalue weighted by molar-refractivity contribution is 0.00578.